The molecule has 0 saturated heterocycles. The fourth-order valence-corrected chi connectivity index (χ4v) is 3.36. The van der Waals surface area contributed by atoms with E-state index in [-0.39, 0.29) is 5.91 Å². The first-order chi connectivity index (χ1) is 13.4. The van der Waals surface area contributed by atoms with Gasteiger partial charge in [0.05, 0.1) is 0 Å². The van der Waals surface area contributed by atoms with Crippen LogP contribution < -0.4 is 5.32 Å². The van der Waals surface area contributed by atoms with Gasteiger partial charge in [0.2, 0.25) is 11.7 Å². The highest BCUT2D eigenvalue weighted by molar-refractivity contribution is 6.01. The Labute approximate surface area is 162 Å². The summed E-state index contributed by atoms with van der Waals surface area (Å²) in [6.45, 7) is 7.85. The van der Waals surface area contributed by atoms with Crippen LogP contribution in [-0.4, -0.2) is 26.0 Å². The third kappa shape index (κ3) is 3.15. The van der Waals surface area contributed by atoms with Gasteiger partial charge < -0.3 is 14.8 Å². The van der Waals surface area contributed by atoms with E-state index in [0.717, 1.165) is 27.6 Å². The molecule has 0 aliphatic heterocycles. The van der Waals surface area contributed by atoms with E-state index in [4.69, 9.17) is 4.52 Å². The number of pyridine rings is 1. The molecule has 1 atom stereocenters. The Bertz CT molecular complexity index is 1160. The standard InChI is InChI=1S/C21H21N5O2/c1-11-8-12(2)17-16(9-11)13(3)18(24-17)20(27)23-14(4)21-25-19(26-28-21)15-6-5-7-22-10-15/h5-10,14,24H,1-4H3,(H,23,27)/t14-/m0/s1. The highest BCUT2D eigenvalue weighted by atomic mass is 16.5. The number of hydrogen-bond acceptors (Lipinski definition) is 5. The maximum absolute atomic E-state index is 12.8. The number of aromatic nitrogens is 4. The Kier molecular flexibility index (Phi) is 4.43. The summed E-state index contributed by atoms with van der Waals surface area (Å²) in [7, 11) is 0. The molecule has 28 heavy (non-hydrogen) atoms. The number of fused-ring (bicyclic) bond motifs is 1. The minimum atomic E-state index is -0.431. The summed E-state index contributed by atoms with van der Waals surface area (Å²) in [6.07, 6.45) is 3.34. The zero-order valence-corrected chi connectivity index (χ0v) is 16.2. The van der Waals surface area contributed by atoms with E-state index < -0.39 is 6.04 Å². The van der Waals surface area contributed by atoms with E-state index >= 15 is 0 Å². The zero-order chi connectivity index (χ0) is 19.8. The van der Waals surface area contributed by atoms with Crippen molar-refractivity contribution in [1.29, 1.82) is 0 Å². The summed E-state index contributed by atoms with van der Waals surface area (Å²) in [4.78, 5) is 24.5. The number of hydrogen-bond donors (Lipinski definition) is 2. The number of aromatic amines is 1. The lowest BCUT2D eigenvalue weighted by atomic mass is 10.1. The lowest BCUT2D eigenvalue weighted by Crippen LogP contribution is -2.27. The monoisotopic (exact) mass is 375 g/mol. The van der Waals surface area contributed by atoms with E-state index in [1.54, 1.807) is 18.5 Å². The van der Waals surface area contributed by atoms with Crippen LogP contribution in [0.5, 0.6) is 0 Å². The van der Waals surface area contributed by atoms with Crippen LogP contribution >= 0.6 is 0 Å². The highest BCUT2D eigenvalue weighted by Gasteiger charge is 2.21. The third-order valence-corrected chi connectivity index (χ3v) is 4.82. The van der Waals surface area contributed by atoms with Gasteiger partial charge in [0, 0.05) is 28.9 Å². The molecule has 0 fully saturated rings. The van der Waals surface area contributed by atoms with E-state index in [2.05, 4.69) is 44.5 Å². The zero-order valence-electron chi connectivity index (χ0n) is 16.2. The van der Waals surface area contributed by atoms with Crippen LogP contribution in [0.1, 0.15) is 46.0 Å². The number of rotatable bonds is 4. The molecule has 0 bridgehead atoms. The minimum Gasteiger partial charge on any atom is -0.350 e. The molecule has 7 nitrogen and oxygen atoms in total. The van der Waals surface area contributed by atoms with Crippen molar-refractivity contribution in [1.82, 2.24) is 25.4 Å². The van der Waals surface area contributed by atoms with Crippen LogP contribution in [0.3, 0.4) is 0 Å². The van der Waals surface area contributed by atoms with Gasteiger partial charge in [-0.25, -0.2) is 0 Å². The molecule has 4 aromatic rings. The Morgan fingerprint density at radius 1 is 1.25 bits per heavy atom. The second-order valence-corrected chi connectivity index (χ2v) is 7.02. The Morgan fingerprint density at radius 2 is 2.07 bits per heavy atom. The molecule has 0 aliphatic rings. The summed E-state index contributed by atoms with van der Waals surface area (Å²) in [5.74, 6) is 0.574. The Hall–Kier alpha value is -3.48. The second kappa shape index (κ2) is 6.92. The van der Waals surface area contributed by atoms with Gasteiger partial charge in [-0.1, -0.05) is 16.8 Å². The number of carbonyl (C=O) groups is 1. The van der Waals surface area contributed by atoms with Gasteiger partial charge in [0.15, 0.2) is 0 Å². The van der Waals surface area contributed by atoms with Crippen LogP contribution in [-0.2, 0) is 0 Å². The van der Waals surface area contributed by atoms with E-state index in [0.29, 0.717) is 17.4 Å². The average molecular weight is 375 g/mol. The maximum Gasteiger partial charge on any atom is 0.268 e. The molecule has 0 unspecified atom stereocenters. The van der Waals surface area contributed by atoms with Crippen molar-refractivity contribution in [3.8, 4) is 11.4 Å². The molecule has 2 N–H and O–H groups in total. The number of nitrogens with zero attached hydrogens (tertiary/aromatic N) is 3. The van der Waals surface area contributed by atoms with Gasteiger partial charge in [-0.3, -0.25) is 9.78 Å². The molecule has 1 aromatic carbocycles. The van der Waals surface area contributed by atoms with Crippen LogP contribution in [0.25, 0.3) is 22.3 Å². The van der Waals surface area contributed by atoms with Crippen molar-refractivity contribution >= 4 is 16.8 Å². The summed E-state index contributed by atoms with van der Waals surface area (Å²) < 4.78 is 5.33. The molecule has 1 amide bonds. The van der Waals surface area contributed by atoms with Crippen LogP contribution in [0.15, 0.2) is 41.2 Å². The molecular weight excluding hydrogens is 354 g/mol. The van der Waals surface area contributed by atoms with Crippen molar-refractivity contribution in [2.75, 3.05) is 0 Å². The van der Waals surface area contributed by atoms with Gasteiger partial charge in [-0.2, -0.15) is 4.98 Å². The number of benzene rings is 1. The van der Waals surface area contributed by atoms with Crippen molar-refractivity contribution in [3.05, 3.63) is 64.9 Å². The molecule has 7 heteroatoms. The van der Waals surface area contributed by atoms with Crippen molar-refractivity contribution in [3.63, 3.8) is 0 Å². The van der Waals surface area contributed by atoms with E-state index in [1.165, 1.54) is 5.56 Å². The largest absolute Gasteiger partial charge is 0.350 e. The minimum absolute atomic E-state index is 0.209. The number of carbonyl (C=O) groups excluding carboxylic acids is 1. The molecule has 0 radical (unpaired) electrons. The smallest absolute Gasteiger partial charge is 0.268 e. The van der Waals surface area contributed by atoms with Gasteiger partial charge in [0.25, 0.3) is 5.91 Å². The number of aryl methyl sites for hydroxylation is 3. The lowest BCUT2D eigenvalue weighted by molar-refractivity contribution is 0.0927. The van der Waals surface area contributed by atoms with Gasteiger partial charge in [-0.05, 0) is 57.0 Å². The number of nitrogens with one attached hydrogen (secondary N) is 2. The predicted octanol–water partition coefficient (Wildman–Crippen LogP) is 4.03. The summed E-state index contributed by atoms with van der Waals surface area (Å²) in [6, 6.07) is 7.41. The quantitative estimate of drug-likeness (QED) is 0.561. The van der Waals surface area contributed by atoms with Crippen molar-refractivity contribution in [2.45, 2.75) is 33.7 Å². The van der Waals surface area contributed by atoms with Crippen molar-refractivity contribution < 1.29 is 9.32 Å². The Morgan fingerprint density at radius 3 is 2.82 bits per heavy atom. The van der Waals surface area contributed by atoms with Crippen LogP contribution in [0.4, 0.5) is 0 Å². The van der Waals surface area contributed by atoms with Crippen molar-refractivity contribution in [2.24, 2.45) is 0 Å². The fourth-order valence-electron chi connectivity index (χ4n) is 3.36. The summed E-state index contributed by atoms with van der Waals surface area (Å²) in [5.41, 5.74) is 5.49. The Balaban J connectivity index is 1.57. The first kappa shape index (κ1) is 17.9. The van der Waals surface area contributed by atoms with E-state index in [1.807, 2.05) is 26.8 Å². The summed E-state index contributed by atoms with van der Waals surface area (Å²) in [5, 5.41) is 7.97. The SMILES string of the molecule is Cc1cc(C)c2[nH]c(C(=O)N[C@@H](C)c3nc(-c4cccnc4)no3)c(C)c2c1. The molecule has 0 spiro atoms. The first-order valence-corrected chi connectivity index (χ1v) is 9.08. The first-order valence-electron chi connectivity index (χ1n) is 9.08. The fraction of sp³-hybridized carbons (Fsp3) is 0.238. The van der Waals surface area contributed by atoms with Crippen LogP contribution in [0, 0.1) is 20.8 Å². The predicted molar refractivity (Wildman–Crippen MR) is 106 cm³/mol. The molecular formula is C21H21N5O2. The third-order valence-electron chi connectivity index (χ3n) is 4.82. The molecule has 4 rings (SSSR count). The summed E-state index contributed by atoms with van der Waals surface area (Å²) >= 11 is 0. The topological polar surface area (TPSA) is 96.7 Å². The second-order valence-electron chi connectivity index (χ2n) is 7.02. The molecule has 3 heterocycles. The van der Waals surface area contributed by atoms with Gasteiger partial charge >= 0.3 is 0 Å². The number of H-pyrrole nitrogens is 1. The van der Waals surface area contributed by atoms with Gasteiger partial charge in [0.1, 0.15) is 11.7 Å². The molecule has 0 aliphatic carbocycles. The van der Waals surface area contributed by atoms with Gasteiger partial charge in [-0.15, -0.1) is 0 Å². The lowest BCUT2D eigenvalue weighted by Gasteiger charge is -2.09. The molecule has 3 aromatic heterocycles. The molecule has 142 valence electrons. The average Bonchev–Trinajstić information content (AvgIpc) is 3.29. The maximum atomic E-state index is 12.8. The highest BCUT2D eigenvalue weighted by Crippen LogP contribution is 2.26. The molecule has 0 saturated carbocycles. The van der Waals surface area contributed by atoms with Crippen LogP contribution in [0.2, 0.25) is 0 Å². The van der Waals surface area contributed by atoms with E-state index in [9.17, 15) is 4.79 Å². The normalized spacial score (nSPS) is 12.3. The number of amides is 1.